The number of amides is 3. The van der Waals surface area contributed by atoms with E-state index in [1.54, 1.807) is 0 Å². The van der Waals surface area contributed by atoms with Crippen molar-refractivity contribution in [3.63, 3.8) is 0 Å². The molecule has 1 aromatic heterocycles. The van der Waals surface area contributed by atoms with Gasteiger partial charge in [0.05, 0.1) is 17.1 Å². The van der Waals surface area contributed by atoms with Crippen LogP contribution in [0.2, 0.25) is 0 Å². The van der Waals surface area contributed by atoms with Crippen LogP contribution < -0.4 is 16.0 Å². The van der Waals surface area contributed by atoms with E-state index >= 15 is 0 Å². The zero-order valence-corrected chi connectivity index (χ0v) is 18.8. The van der Waals surface area contributed by atoms with Crippen LogP contribution >= 0.6 is 0 Å². The van der Waals surface area contributed by atoms with Gasteiger partial charge in [0.15, 0.2) is 0 Å². The summed E-state index contributed by atoms with van der Waals surface area (Å²) in [6.45, 7) is 4.13. The smallest absolute Gasteiger partial charge is 0.408 e. The van der Waals surface area contributed by atoms with Gasteiger partial charge in [0.2, 0.25) is 11.8 Å². The van der Waals surface area contributed by atoms with Crippen molar-refractivity contribution in [2.75, 3.05) is 17.2 Å². The molecule has 10 heteroatoms. The summed E-state index contributed by atoms with van der Waals surface area (Å²) in [5.74, 6) is 0.221. The Morgan fingerprint density at radius 3 is 2.70 bits per heavy atom. The van der Waals surface area contributed by atoms with Gasteiger partial charge >= 0.3 is 6.09 Å². The summed E-state index contributed by atoms with van der Waals surface area (Å²) in [5, 5.41) is 22.6. The first kappa shape index (κ1) is 22.6. The molecule has 1 aromatic carbocycles. The Morgan fingerprint density at radius 2 is 2.00 bits per heavy atom. The maximum absolute atomic E-state index is 13.0. The number of rotatable bonds is 5. The first-order valence-corrected chi connectivity index (χ1v) is 11.3. The van der Waals surface area contributed by atoms with Crippen LogP contribution in [-0.4, -0.2) is 51.8 Å². The van der Waals surface area contributed by atoms with Gasteiger partial charge in [-0.15, -0.1) is 0 Å². The van der Waals surface area contributed by atoms with E-state index in [1.165, 1.54) is 4.90 Å². The van der Waals surface area contributed by atoms with Crippen molar-refractivity contribution in [1.82, 2.24) is 15.4 Å². The molecule has 0 saturated carbocycles. The van der Waals surface area contributed by atoms with Gasteiger partial charge in [-0.2, -0.15) is 0 Å². The number of nitrogens with zero attached hydrogens (tertiary/aromatic N) is 2. The number of hydrogen-bond donors (Lipinski definition) is 4. The Labute approximate surface area is 191 Å². The summed E-state index contributed by atoms with van der Waals surface area (Å²) in [6.07, 6.45) is 2.67. The number of nitrogens with one attached hydrogen (secondary N) is 3. The molecule has 2 fully saturated rings. The first-order valence-electron chi connectivity index (χ1n) is 11.3. The van der Waals surface area contributed by atoms with Crippen molar-refractivity contribution >= 4 is 29.3 Å². The van der Waals surface area contributed by atoms with E-state index in [9.17, 15) is 19.5 Å². The highest BCUT2D eigenvalue weighted by molar-refractivity contribution is 6.00. The Bertz CT molecular complexity index is 1050. The standard InChI is InChI=1S/C23H29N5O5/c1-13-21(14(2)33-27-13)15-9-10-16(24-19-7-3-4-11-28(19)23(31)32)18(12-15)26-22(30)17-6-5-8-20(29)25-17/h9-10,12,17,19,24H,3-8,11H2,1-2H3,(H,25,29)(H,26,30)(H,31,32). The molecule has 3 amide bonds. The van der Waals surface area contributed by atoms with Crippen LogP contribution in [0.4, 0.5) is 16.2 Å². The highest BCUT2D eigenvalue weighted by Crippen LogP contribution is 2.34. The topological polar surface area (TPSA) is 137 Å². The lowest BCUT2D eigenvalue weighted by atomic mass is 10.0. The lowest BCUT2D eigenvalue weighted by molar-refractivity contribution is -0.128. The number of likely N-dealkylation sites (tertiary alicyclic amines) is 1. The van der Waals surface area contributed by atoms with Crippen molar-refractivity contribution in [2.45, 2.75) is 64.6 Å². The van der Waals surface area contributed by atoms with Gasteiger partial charge in [0.25, 0.3) is 0 Å². The van der Waals surface area contributed by atoms with Crippen molar-refractivity contribution in [2.24, 2.45) is 0 Å². The number of piperidine rings is 2. The van der Waals surface area contributed by atoms with Crippen molar-refractivity contribution in [1.29, 1.82) is 0 Å². The molecule has 4 rings (SSSR count). The van der Waals surface area contributed by atoms with Crippen molar-refractivity contribution in [3.8, 4) is 11.1 Å². The zero-order valence-electron chi connectivity index (χ0n) is 18.8. The highest BCUT2D eigenvalue weighted by Gasteiger charge is 2.29. The molecule has 2 aromatic rings. The second-order valence-electron chi connectivity index (χ2n) is 8.59. The molecule has 0 aliphatic carbocycles. The first-order chi connectivity index (χ1) is 15.8. The van der Waals surface area contributed by atoms with E-state index in [4.69, 9.17) is 4.52 Å². The molecule has 4 N–H and O–H groups in total. The van der Waals surface area contributed by atoms with Crippen LogP contribution in [0.25, 0.3) is 11.1 Å². The zero-order chi connectivity index (χ0) is 23.5. The number of aromatic nitrogens is 1. The predicted molar refractivity (Wildman–Crippen MR) is 122 cm³/mol. The van der Waals surface area contributed by atoms with E-state index < -0.39 is 18.3 Å². The normalized spacial score (nSPS) is 20.8. The monoisotopic (exact) mass is 455 g/mol. The Balaban J connectivity index is 1.65. The highest BCUT2D eigenvalue weighted by atomic mass is 16.5. The second kappa shape index (κ2) is 9.51. The van der Waals surface area contributed by atoms with E-state index in [1.807, 2.05) is 32.0 Å². The lowest BCUT2D eigenvalue weighted by Crippen LogP contribution is -2.48. The fourth-order valence-corrected chi connectivity index (χ4v) is 4.54. The minimum Gasteiger partial charge on any atom is -0.465 e. The largest absolute Gasteiger partial charge is 0.465 e. The molecular formula is C23H29N5O5. The van der Waals surface area contributed by atoms with Crippen LogP contribution in [0.3, 0.4) is 0 Å². The van der Waals surface area contributed by atoms with Gasteiger partial charge in [-0.1, -0.05) is 11.2 Å². The average molecular weight is 456 g/mol. The van der Waals surface area contributed by atoms with Crippen molar-refractivity contribution < 1.29 is 24.0 Å². The molecule has 0 bridgehead atoms. The van der Waals surface area contributed by atoms with E-state index in [0.717, 1.165) is 29.7 Å². The predicted octanol–water partition coefficient (Wildman–Crippen LogP) is 3.47. The summed E-state index contributed by atoms with van der Waals surface area (Å²) in [4.78, 5) is 37.8. The molecule has 2 aliphatic heterocycles. The Morgan fingerprint density at radius 1 is 1.18 bits per heavy atom. The number of carboxylic acid groups (broad SMARTS) is 1. The van der Waals surface area contributed by atoms with Gasteiger partial charge in [-0.3, -0.25) is 14.5 Å². The lowest BCUT2D eigenvalue weighted by Gasteiger charge is -2.35. The number of carbonyl (C=O) groups excluding carboxylic acids is 2. The second-order valence-corrected chi connectivity index (χ2v) is 8.59. The molecule has 2 atom stereocenters. The van der Waals surface area contributed by atoms with Gasteiger partial charge in [0.1, 0.15) is 18.0 Å². The van der Waals surface area contributed by atoms with Gasteiger partial charge in [-0.25, -0.2) is 4.79 Å². The summed E-state index contributed by atoms with van der Waals surface area (Å²) >= 11 is 0. The molecule has 0 radical (unpaired) electrons. The number of hydrogen-bond acceptors (Lipinski definition) is 6. The van der Waals surface area contributed by atoms with E-state index in [-0.39, 0.29) is 11.8 Å². The number of carbonyl (C=O) groups is 3. The molecule has 0 spiro atoms. The molecule has 10 nitrogen and oxygen atoms in total. The quantitative estimate of drug-likeness (QED) is 0.542. The van der Waals surface area contributed by atoms with Gasteiger partial charge in [0, 0.05) is 18.5 Å². The fraction of sp³-hybridized carbons (Fsp3) is 0.478. The molecule has 176 valence electrons. The van der Waals surface area contributed by atoms with Crippen LogP contribution in [0.5, 0.6) is 0 Å². The molecule has 2 aliphatic rings. The van der Waals surface area contributed by atoms with Gasteiger partial charge < -0.3 is 25.6 Å². The fourth-order valence-electron chi connectivity index (χ4n) is 4.54. The Hall–Kier alpha value is -3.56. The van der Waals surface area contributed by atoms with Crippen LogP contribution in [0, 0.1) is 13.8 Å². The van der Waals surface area contributed by atoms with E-state index in [2.05, 4.69) is 21.1 Å². The molecule has 2 saturated heterocycles. The van der Waals surface area contributed by atoms with Gasteiger partial charge in [-0.05, 0) is 63.6 Å². The number of anilines is 2. The minimum absolute atomic E-state index is 0.136. The third kappa shape index (κ3) is 4.94. The third-order valence-corrected chi connectivity index (χ3v) is 6.22. The molecule has 3 heterocycles. The average Bonchev–Trinajstić information content (AvgIpc) is 3.13. The maximum atomic E-state index is 13.0. The third-order valence-electron chi connectivity index (χ3n) is 6.22. The van der Waals surface area contributed by atoms with Crippen LogP contribution in [-0.2, 0) is 9.59 Å². The number of aryl methyl sites for hydroxylation is 2. The molecular weight excluding hydrogens is 426 g/mol. The van der Waals surface area contributed by atoms with Crippen molar-refractivity contribution in [3.05, 3.63) is 29.7 Å². The number of benzene rings is 1. The summed E-state index contributed by atoms with van der Waals surface area (Å²) in [7, 11) is 0. The summed E-state index contributed by atoms with van der Waals surface area (Å²) in [6, 6.07) is 4.93. The Kier molecular flexibility index (Phi) is 6.52. The minimum atomic E-state index is -0.977. The van der Waals surface area contributed by atoms with E-state index in [0.29, 0.717) is 49.4 Å². The summed E-state index contributed by atoms with van der Waals surface area (Å²) in [5.41, 5.74) is 3.51. The SMILES string of the molecule is Cc1noc(C)c1-c1ccc(NC2CCCCN2C(=O)O)c(NC(=O)C2CCCC(=O)N2)c1. The van der Waals surface area contributed by atoms with Crippen LogP contribution in [0.15, 0.2) is 22.7 Å². The van der Waals surface area contributed by atoms with Crippen LogP contribution in [0.1, 0.15) is 50.0 Å². The summed E-state index contributed by atoms with van der Waals surface area (Å²) < 4.78 is 5.30. The maximum Gasteiger partial charge on any atom is 0.408 e. The molecule has 33 heavy (non-hydrogen) atoms. The molecule has 2 unspecified atom stereocenters.